The molecule has 0 atom stereocenters. The molecule has 2 fully saturated rings. The maximum absolute atomic E-state index is 12.2. The molecule has 0 spiro atoms. The van der Waals surface area contributed by atoms with E-state index >= 15 is 0 Å². The number of nitrogens with zero attached hydrogens (tertiary/aromatic N) is 1. The lowest BCUT2D eigenvalue weighted by Gasteiger charge is -2.26. The second kappa shape index (κ2) is 11.0. The zero-order valence-corrected chi connectivity index (χ0v) is 20.4. The summed E-state index contributed by atoms with van der Waals surface area (Å²) in [5.41, 5.74) is 2.61. The quantitative estimate of drug-likeness (QED) is 0.313. The van der Waals surface area contributed by atoms with E-state index in [0.717, 1.165) is 56.0 Å². The summed E-state index contributed by atoms with van der Waals surface area (Å²) in [6, 6.07) is 11.3. The van der Waals surface area contributed by atoms with Gasteiger partial charge in [-0.05, 0) is 54.0 Å². The monoisotopic (exact) mass is 508 g/mol. The number of hydrogen-bond acceptors (Lipinski definition) is 6. The van der Waals surface area contributed by atoms with Gasteiger partial charge in [0.25, 0.3) is 5.91 Å². The molecule has 2 saturated heterocycles. The molecule has 1 amide bonds. The van der Waals surface area contributed by atoms with Crippen molar-refractivity contribution >= 4 is 63.5 Å². The van der Waals surface area contributed by atoms with E-state index in [1.165, 1.54) is 11.8 Å². The Bertz CT molecular complexity index is 1040. The first-order valence-electron chi connectivity index (χ1n) is 10.3. The summed E-state index contributed by atoms with van der Waals surface area (Å²) in [6.45, 7) is 5.03. The summed E-state index contributed by atoms with van der Waals surface area (Å²) < 4.78 is 12.0. The summed E-state index contributed by atoms with van der Waals surface area (Å²) in [5.74, 6) is 0.511. The average Bonchev–Trinajstić information content (AvgIpc) is 3.08. The molecule has 168 valence electrons. The number of carbonyl (C=O) groups is 1. The number of morpholine rings is 1. The van der Waals surface area contributed by atoms with Crippen LogP contribution in [0.2, 0.25) is 10.0 Å². The van der Waals surface area contributed by atoms with Crippen LogP contribution in [0.15, 0.2) is 41.3 Å². The van der Waals surface area contributed by atoms with Gasteiger partial charge in [0.1, 0.15) is 10.1 Å². The highest BCUT2D eigenvalue weighted by molar-refractivity contribution is 8.26. The van der Waals surface area contributed by atoms with E-state index in [-0.39, 0.29) is 5.91 Å². The Labute approximate surface area is 207 Å². The van der Waals surface area contributed by atoms with Crippen molar-refractivity contribution in [1.29, 1.82) is 0 Å². The van der Waals surface area contributed by atoms with Crippen LogP contribution in [0.4, 0.5) is 0 Å². The fourth-order valence-corrected chi connectivity index (χ4v) is 5.11. The largest absolute Gasteiger partial charge is 0.493 e. The van der Waals surface area contributed by atoms with E-state index < -0.39 is 0 Å². The zero-order chi connectivity index (χ0) is 22.5. The zero-order valence-electron chi connectivity index (χ0n) is 17.2. The fourth-order valence-electron chi connectivity index (χ4n) is 3.55. The minimum absolute atomic E-state index is 0.200. The van der Waals surface area contributed by atoms with Crippen LogP contribution < -0.4 is 10.1 Å². The van der Waals surface area contributed by atoms with Crippen molar-refractivity contribution in [3.8, 4) is 16.9 Å². The molecule has 2 aromatic carbocycles. The van der Waals surface area contributed by atoms with E-state index in [1.54, 1.807) is 6.07 Å². The fraction of sp³-hybridized carbons (Fsp3) is 0.304. The van der Waals surface area contributed by atoms with Crippen LogP contribution in [0.1, 0.15) is 12.0 Å². The molecular formula is C23H22Cl2N2O3S2. The average molecular weight is 509 g/mol. The SMILES string of the molecule is O=C1NC(=S)SC1=Cc1cc(-c2cc(Cl)cc(Cl)c2)ccc1OCCCN1CCOCC1. The van der Waals surface area contributed by atoms with Crippen molar-refractivity contribution in [1.82, 2.24) is 10.2 Å². The first-order valence-corrected chi connectivity index (χ1v) is 12.2. The number of benzene rings is 2. The summed E-state index contributed by atoms with van der Waals surface area (Å²) >= 11 is 18.7. The van der Waals surface area contributed by atoms with Gasteiger partial charge >= 0.3 is 0 Å². The summed E-state index contributed by atoms with van der Waals surface area (Å²) in [4.78, 5) is 15.1. The van der Waals surface area contributed by atoms with E-state index in [4.69, 9.17) is 44.9 Å². The third kappa shape index (κ3) is 6.25. The number of carbonyl (C=O) groups excluding carboxylic acids is 1. The van der Waals surface area contributed by atoms with Crippen LogP contribution in [0.5, 0.6) is 5.75 Å². The van der Waals surface area contributed by atoms with Gasteiger partial charge in [-0.15, -0.1) is 0 Å². The molecule has 0 bridgehead atoms. The minimum atomic E-state index is -0.200. The van der Waals surface area contributed by atoms with Crippen LogP contribution in [-0.2, 0) is 9.53 Å². The molecule has 5 nitrogen and oxygen atoms in total. The Morgan fingerprint density at radius 2 is 1.88 bits per heavy atom. The smallest absolute Gasteiger partial charge is 0.263 e. The Kier molecular flexibility index (Phi) is 8.10. The molecule has 4 rings (SSSR count). The number of amides is 1. The number of thioether (sulfide) groups is 1. The topological polar surface area (TPSA) is 50.8 Å². The van der Waals surface area contributed by atoms with Gasteiger partial charge in [0.05, 0.1) is 24.7 Å². The van der Waals surface area contributed by atoms with Crippen molar-refractivity contribution in [3.63, 3.8) is 0 Å². The second-order valence-electron chi connectivity index (χ2n) is 7.42. The molecule has 0 aliphatic carbocycles. The maximum Gasteiger partial charge on any atom is 0.263 e. The Hall–Kier alpha value is -1.61. The lowest BCUT2D eigenvalue weighted by atomic mass is 10.0. The predicted molar refractivity (Wildman–Crippen MR) is 136 cm³/mol. The van der Waals surface area contributed by atoms with E-state index in [2.05, 4.69) is 10.2 Å². The molecule has 2 heterocycles. The third-order valence-electron chi connectivity index (χ3n) is 5.11. The van der Waals surface area contributed by atoms with Gasteiger partial charge < -0.3 is 14.8 Å². The van der Waals surface area contributed by atoms with E-state index in [1.807, 2.05) is 36.4 Å². The molecule has 2 aliphatic heterocycles. The van der Waals surface area contributed by atoms with Crippen LogP contribution in [-0.4, -0.2) is 54.6 Å². The molecule has 0 aromatic heterocycles. The molecule has 9 heteroatoms. The number of hydrogen-bond donors (Lipinski definition) is 1. The number of halogens is 2. The highest BCUT2D eigenvalue weighted by atomic mass is 35.5. The van der Waals surface area contributed by atoms with Gasteiger partial charge in [-0.1, -0.05) is 53.2 Å². The van der Waals surface area contributed by atoms with E-state index in [0.29, 0.717) is 31.6 Å². The lowest BCUT2D eigenvalue weighted by molar-refractivity contribution is -0.115. The first-order chi connectivity index (χ1) is 15.5. The first kappa shape index (κ1) is 23.5. The van der Waals surface area contributed by atoms with Gasteiger partial charge in [-0.3, -0.25) is 9.69 Å². The number of nitrogens with one attached hydrogen (secondary N) is 1. The summed E-state index contributed by atoms with van der Waals surface area (Å²) in [6.07, 6.45) is 2.72. The number of ether oxygens (including phenoxy) is 2. The van der Waals surface area contributed by atoms with Crippen molar-refractivity contribution < 1.29 is 14.3 Å². The van der Waals surface area contributed by atoms with Gasteiger partial charge in [0, 0.05) is 35.2 Å². The van der Waals surface area contributed by atoms with Crippen LogP contribution in [0.3, 0.4) is 0 Å². The number of thiocarbonyl (C=S) groups is 1. The van der Waals surface area contributed by atoms with E-state index in [9.17, 15) is 4.79 Å². The Balaban J connectivity index is 1.55. The highest BCUT2D eigenvalue weighted by Crippen LogP contribution is 2.34. The Morgan fingerprint density at radius 1 is 1.12 bits per heavy atom. The molecule has 0 radical (unpaired) electrons. The van der Waals surface area contributed by atoms with Gasteiger partial charge in [0.15, 0.2) is 0 Å². The molecule has 1 N–H and O–H groups in total. The van der Waals surface area contributed by atoms with Crippen molar-refractivity contribution in [3.05, 3.63) is 56.9 Å². The summed E-state index contributed by atoms with van der Waals surface area (Å²) in [5, 5.41) is 3.78. The molecule has 0 unspecified atom stereocenters. The predicted octanol–water partition coefficient (Wildman–Crippen LogP) is 5.25. The van der Waals surface area contributed by atoms with Crippen LogP contribution in [0.25, 0.3) is 17.2 Å². The lowest BCUT2D eigenvalue weighted by Crippen LogP contribution is -2.37. The Morgan fingerprint density at radius 3 is 2.56 bits per heavy atom. The normalized spacial score (nSPS) is 18.2. The van der Waals surface area contributed by atoms with Crippen molar-refractivity contribution in [2.24, 2.45) is 0 Å². The van der Waals surface area contributed by atoms with Gasteiger partial charge in [-0.25, -0.2) is 0 Å². The van der Waals surface area contributed by atoms with Crippen molar-refractivity contribution in [2.45, 2.75) is 6.42 Å². The highest BCUT2D eigenvalue weighted by Gasteiger charge is 2.23. The molecule has 0 saturated carbocycles. The minimum Gasteiger partial charge on any atom is -0.493 e. The molecule has 32 heavy (non-hydrogen) atoms. The van der Waals surface area contributed by atoms with Crippen molar-refractivity contribution in [2.75, 3.05) is 39.5 Å². The number of rotatable bonds is 7. The van der Waals surface area contributed by atoms with Gasteiger partial charge in [-0.2, -0.15) is 0 Å². The molecular weight excluding hydrogens is 487 g/mol. The third-order valence-corrected chi connectivity index (χ3v) is 6.71. The standard InChI is InChI=1S/C23H22Cl2N2O3S2/c24-18-11-16(12-19(25)14-18)15-2-3-20(30-7-1-4-27-5-8-29-9-6-27)17(10-15)13-21-22(28)26-23(31)32-21/h2-3,10-14H,1,4-9H2,(H,26,28,31). The maximum atomic E-state index is 12.2. The second-order valence-corrected chi connectivity index (χ2v) is 10.0. The van der Waals surface area contributed by atoms with Gasteiger partial charge in [0.2, 0.25) is 0 Å². The molecule has 2 aliphatic rings. The van der Waals surface area contributed by atoms with Crippen LogP contribution >= 0.6 is 47.2 Å². The molecule has 2 aromatic rings. The summed E-state index contributed by atoms with van der Waals surface area (Å²) in [7, 11) is 0. The van der Waals surface area contributed by atoms with Crippen LogP contribution in [0, 0.1) is 0 Å².